The highest BCUT2D eigenvalue weighted by molar-refractivity contribution is 5.18. The number of nitrogens with one attached hydrogen (secondary N) is 1. The molecule has 11 heavy (non-hydrogen) atoms. The smallest absolute Gasteiger partial charge is 0.115 e. The minimum atomic E-state index is 0.322. The van der Waals surface area contributed by atoms with Crippen molar-refractivity contribution < 1.29 is 5.11 Å². The molecule has 2 N–H and O–H groups in total. The summed E-state index contributed by atoms with van der Waals surface area (Å²) >= 11 is 0. The summed E-state index contributed by atoms with van der Waals surface area (Å²) in [5.41, 5.74) is 0. The molecule has 2 heteroatoms. The standard InChI is InChI=1S/C6H6O.C3H9N/c7-6-4-2-1-3-5-6;1-3-4-2/h1-5,7H;4H,3H2,1-2H3. The van der Waals surface area contributed by atoms with Crippen LogP contribution in [0.3, 0.4) is 0 Å². The number of phenols is 1. The van der Waals surface area contributed by atoms with E-state index in [4.69, 9.17) is 5.11 Å². The highest BCUT2D eigenvalue weighted by atomic mass is 16.3. The van der Waals surface area contributed by atoms with Crippen LogP contribution in [0.1, 0.15) is 6.92 Å². The van der Waals surface area contributed by atoms with Crippen LogP contribution in [0.25, 0.3) is 0 Å². The maximum atomic E-state index is 8.63. The predicted molar refractivity (Wildman–Crippen MR) is 47.7 cm³/mol. The van der Waals surface area contributed by atoms with Gasteiger partial charge in [-0.25, -0.2) is 0 Å². The third-order valence-electron chi connectivity index (χ3n) is 1.11. The van der Waals surface area contributed by atoms with Gasteiger partial charge in [-0.2, -0.15) is 0 Å². The first-order valence-electron chi connectivity index (χ1n) is 3.69. The first kappa shape index (κ1) is 9.98. The van der Waals surface area contributed by atoms with Crippen molar-refractivity contribution in [3.8, 4) is 5.75 Å². The molecule has 1 aromatic rings. The predicted octanol–water partition coefficient (Wildman–Crippen LogP) is 1.62. The van der Waals surface area contributed by atoms with Crippen LogP contribution in [-0.4, -0.2) is 18.7 Å². The second kappa shape index (κ2) is 7.09. The molecular formula is C9H15NO. The number of rotatable bonds is 1. The van der Waals surface area contributed by atoms with Gasteiger partial charge in [0, 0.05) is 0 Å². The van der Waals surface area contributed by atoms with Gasteiger partial charge >= 0.3 is 0 Å². The zero-order chi connectivity index (χ0) is 8.53. The minimum Gasteiger partial charge on any atom is -0.508 e. The van der Waals surface area contributed by atoms with E-state index in [0.717, 1.165) is 6.54 Å². The minimum absolute atomic E-state index is 0.322. The van der Waals surface area contributed by atoms with Gasteiger partial charge in [0.1, 0.15) is 5.75 Å². The molecule has 0 aliphatic rings. The highest BCUT2D eigenvalue weighted by Gasteiger charge is 1.74. The molecule has 0 fully saturated rings. The molecule has 0 heterocycles. The number of aromatic hydroxyl groups is 1. The highest BCUT2D eigenvalue weighted by Crippen LogP contribution is 2.02. The van der Waals surface area contributed by atoms with Gasteiger partial charge in [-0.3, -0.25) is 0 Å². The van der Waals surface area contributed by atoms with E-state index in [-0.39, 0.29) is 0 Å². The third-order valence-corrected chi connectivity index (χ3v) is 1.11. The van der Waals surface area contributed by atoms with Crippen LogP contribution in [0.2, 0.25) is 0 Å². The first-order chi connectivity index (χ1) is 5.31. The Morgan fingerprint density at radius 1 is 1.27 bits per heavy atom. The summed E-state index contributed by atoms with van der Waals surface area (Å²) in [4.78, 5) is 0. The molecule has 0 bridgehead atoms. The van der Waals surface area contributed by atoms with E-state index in [1.54, 1.807) is 24.3 Å². The largest absolute Gasteiger partial charge is 0.508 e. The van der Waals surface area contributed by atoms with Crippen LogP contribution < -0.4 is 5.32 Å². The van der Waals surface area contributed by atoms with Gasteiger partial charge in [0.05, 0.1) is 0 Å². The molecule has 62 valence electrons. The summed E-state index contributed by atoms with van der Waals surface area (Å²) in [6.45, 7) is 3.14. The summed E-state index contributed by atoms with van der Waals surface area (Å²) in [6.07, 6.45) is 0. The van der Waals surface area contributed by atoms with Crippen molar-refractivity contribution in [2.75, 3.05) is 13.6 Å². The van der Waals surface area contributed by atoms with Crippen molar-refractivity contribution in [1.29, 1.82) is 0 Å². The van der Waals surface area contributed by atoms with Crippen LogP contribution in [0, 0.1) is 0 Å². The van der Waals surface area contributed by atoms with Crippen molar-refractivity contribution in [3.63, 3.8) is 0 Å². The van der Waals surface area contributed by atoms with Gasteiger partial charge in [0.25, 0.3) is 0 Å². The van der Waals surface area contributed by atoms with Gasteiger partial charge in [-0.1, -0.05) is 25.1 Å². The maximum Gasteiger partial charge on any atom is 0.115 e. The molecule has 2 nitrogen and oxygen atoms in total. The van der Waals surface area contributed by atoms with Gasteiger partial charge in [0.2, 0.25) is 0 Å². The Balaban J connectivity index is 0.000000218. The molecule has 0 atom stereocenters. The van der Waals surface area contributed by atoms with E-state index in [1.165, 1.54) is 0 Å². The summed E-state index contributed by atoms with van der Waals surface area (Å²) in [7, 11) is 1.93. The molecule has 0 saturated carbocycles. The second-order valence-electron chi connectivity index (χ2n) is 2.04. The fourth-order valence-electron chi connectivity index (χ4n) is 0.428. The maximum absolute atomic E-state index is 8.63. The topological polar surface area (TPSA) is 32.3 Å². The Hall–Kier alpha value is -1.02. The van der Waals surface area contributed by atoms with Crippen molar-refractivity contribution in [1.82, 2.24) is 5.32 Å². The van der Waals surface area contributed by atoms with E-state index >= 15 is 0 Å². The lowest BCUT2D eigenvalue weighted by atomic mass is 10.3. The van der Waals surface area contributed by atoms with E-state index in [2.05, 4.69) is 12.2 Å². The van der Waals surface area contributed by atoms with Crippen molar-refractivity contribution in [2.24, 2.45) is 0 Å². The number of benzene rings is 1. The van der Waals surface area contributed by atoms with E-state index < -0.39 is 0 Å². The summed E-state index contributed by atoms with van der Waals surface area (Å²) < 4.78 is 0. The molecule has 1 aromatic carbocycles. The number of hydrogen-bond donors (Lipinski definition) is 2. The molecule has 0 spiro atoms. The lowest BCUT2D eigenvalue weighted by molar-refractivity contribution is 0.475. The average molecular weight is 153 g/mol. The van der Waals surface area contributed by atoms with E-state index in [1.807, 2.05) is 13.1 Å². The van der Waals surface area contributed by atoms with Crippen LogP contribution in [0.15, 0.2) is 30.3 Å². The van der Waals surface area contributed by atoms with Crippen molar-refractivity contribution in [3.05, 3.63) is 30.3 Å². The SMILES string of the molecule is CCNC.Oc1ccccc1. The van der Waals surface area contributed by atoms with Crippen molar-refractivity contribution >= 4 is 0 Å². The molecule has 0 aromatic heterocycles. The first-order valence-corrected chi connectivity index (χ1v) is 3.69. The molecule has 0 aliphatic heterocycles. The molecule has 0 aliphatic carbocycles. The Bertz CT molecular complexity index is 160. The molecular weight excluding hydrogens is 138 g/mol. The molecule has 0 unspecified atom stereocenters. The van der Waals surface area contributed by atoms with Crippen LogP contribution in [0.4, 0.5) is 0 Å². The second-order valence-corrected chi connectivity index (χ2v) is 2.04. The van der Waals surface area contributed by atoms with Crippen LogP contribution in [-0.2, 0) is 0 Å². The molecule has 0 saturated heterocycles. The lowest BCUT2D eigenvalue weighted by Gasteiger charge is -1.82. The van der Waals surface area contributed by atoms with Gasteiger partial charge < -0.3 is 10.4 Å². The van der Waals surface area contributed by atoms with Crippen LogP contribution in [0.5, 0.6) is 5.75 Å². The fourth-order valence-corrected chi connectivity index (χ4v) is 0.428. The van der Waals surface area contributed by atoms with Gasteiger partial charge in [-0.05, 0) is 25.7 Å². The fraction of sp³-hybridized carbons (Fsp3) is 0.333. The lowest BCUT2D eigenvalue weighted by Crippen LogP contribution is -2.01. The Labute approximate surface area is 67.9 Å². The molecule has 0 radical (unpaired) electrons. The van der Waals surface area contributed by atoms with E-state index in [9.17, 15) is 0 Å². The van der Waals surface area contributed by atoms with E-state index in [0.29, 0.717) is 5.75 Å². The quantitative estimate of drug-likeness (QED) is 0.642. The molecule has 1 rings (SSSR count). The Kier molecular flexibility index (Phi) is 6.43. The molecule has 0 amide bonds. The van der Waals surface area contributed by atoms with Gasteiger partial charge in [0.15, 0.2) is 0 Å². The number of hydrogen-bond acceptors (Lipinski definition) is 2. The number of phenolic OH excluding ortho intramolecular Hbond substituents is 1. The average Bonchev–Trinajstić information content (AvgIpc) is 2.07. The zero-order valence-corrected chi connectivity index (χ0v) is 7.04. The van der Waals surface area contributed by atoms with Crippen LogP contribution >= 0.6 is 0 Å². The van der Waals surface area contributed by atoms with Gasteiger partial charge in [-0.15, -0.1) is 0 Å². The number of para-hydroxylation sites is 1. The summed E-state index contributed by atoms with van der Waals surface area (Å²) in [5, 5.41) is 11.6. The monoisotopic (exact) mass is 153 g/mol. The Morgan fingerprint density at radius 3 is 1.91 bits per heavy atom. The normalized spacial score (nSPS) is 8.18. The van der Waals surface area contributed by atoms with Crippen molar-refractivity contribution in [2.45, 2.75) is 6.92 Å². The third kappa shape index (κ3) is 6.87. The zero-order valence-electron chi connectivity index (χ0n) is 7.04. The summed E-state index contributed by atoms with van der Waals surface area (Å²) in [6, 6.07) is 8.71. The summed E-state index contributed by atoms with van der Waals surface area (Å²) in [5.74, 6) is 0.322. The Morgan fingerprint density at radius 2 is 1.73 bits per heavy atom.